The molecule has 6 amide bonds. The van der Waals surface area contributed by atoms with Crippen molar-refractivity contribution in [3.05, 3.63) is 122 Å². The van der Waals surface area contributed by atoms with Gasteiger partial charge in [-0.25, -0.2) is 9.59 Å². The quantitative estimate of drug-likeness (QED) is 0.196. The fourth-order valence-corrected chi connectivity index (χ4v) is 15.4. The van der Waals surface area contributed by atoms with E-state index in [2.05, 4.69) is 106 Å². The second-order valence-electron chi connectivity index (χ2n) is 21.0. The molecule has 2 atom stereocenters. The minimum absolute atomic E-state index is 0.174. The fourth-order valence-electron chi connectivity index (χ4n) is 12.7. The molecule has 0 spiro atoms. The number of likely N-dealkylation sites (tertiary alicyclic amines) is 4. The van der Waals surface area contributed by atoms with Gasteiger partial charge in [-0.3, -0.25) is 19.6 Å². The van der Waals surface area contributed by atoms with E-state index in [1.165, 1.54) is 49.1 Å². The number of pyridine rings is 2. The third-order valence-corrected chi connectivity index (χ3v) is 18.9. The SMILES string of the molecule is Cc1cc(Br)c2c(c1)CCc1cc(Br)cnc1C2C1CCN(C(=O)CC2CCN(C(N)=O)CC2)CC1.NC(=O)N1CCC(CC(=O)N2CCC(C3c4ncc(Br)cc4CCc4cc(Cl)cc(Br)c43)CC2)CC1. The summed E-state index contributed by atoms with van der Waals surface area (Å²) in [6.07, 6.45) is 16.1. The molecule has 72 heavy (non-hydrogen) atoms. The molecule has 6 aliphatic rings. The Balaban J connectivity index is 0.000000178. The van der Waals surface area contributed by atoms with Crippen molar-refractivity contribution in [1.29, 1.82) is 0 Å². The normalized spacial score (nSPS) is 21.0. The second-order valence-corrected chi connectivity index (χ2v) is 25.0. The van der Waals surface area contributed by atoms with Crippen molar-refractivity contribution in [1.82, 2.24) is 29.6 Å². The van der Waals surface area contributed by atoms with Gasteiger partial charge in [-0.15, -0.1) is 0 Å². The second kappa shape index (κ2) is 23.5. The molecule has 17 heteroatoms. The maximum atomic E-state index is 13.1. The minimum Gasteiger partial charge on any atom is -0.351 e. The maximum Gasteiger partial charge on any atom is 0.314 e. The van der Waals surface area contributed by atoms with Gasteiger partial charge in [0.2, 0.25) is 11.8 Å². The number of carbonyl (C=O) groups excluding carboxylic acids is 4. The van der Waals surface area contributed by atoms with Gasteiger partial charge >= 0.3 is 12.1 Å². The molecule has 2 aromatic heterocycles. The number of nitrogens with zero attached hydrogens (tertiary/aromatic N) is 6. The Hall–Kier alpha value is -3.57. The molecule has 4 fully saturated rings. The van der Waals surface area contributed by atoms with E-state index in [0.717, 1.165) is 127 Å². The lowest BCUT2D eigenvalue weighted by Gasteiger charge is -2.38. The number of piperidine rings is 4. The highest BCUT2D eigenvalue weighted by atomic mass is 79.9. The average molecular weight is 1260 g/mol. The third kappa shape index (κ3) is 12.2. The van der Waals surface area contributed by atoms with Crippen LogP contribution in [0.4, 0.5) is 9.59 Å². The Morgan fingerprint density at radius 3 is 1.32 bits per heavy atom. The van der Waals surface area contributed by atoms with Crippen LogP contribution >= 0.6 is 75.3 Å². The van der Waals surface area contributed by atoms with Gasteiger partial charge in [0, 0.05) is 112 Å². The van der Waals surface area contributed by atoms with Crippen LogP contribution < -0.4 is 11.5 Å². The van der Waals surface area contributed by atoms with Crippen molar-refractivity contribution in [2.45, 2.75) is 109 Å². The molecule has 4 aromatic rings. The van der Waals surface area contributed by atoms with E-state index < -0.39 is 0 Å². The third-order valence-electron chi connectivity index (χ3n) is 16.5. The summed E-state index contributed by atoms with van der Waals surface area (Å²) in [4.78, 5) is 66.4. The molecule has 384 valence electrons. The van der Waals surface area contributed by atoms with Gasteiger partial charge in [0.05, 0.1) is 11.4 Å². The van der Waals surface area contributed by atoms with Crippen molar-refractivity contribution in [3.63, 3.8) is 0 Å². The predicted octanol–water partition coefficient (Wildman–Crippen LogP) is 11.5. The van der Waals surface area contributed by atoms with E-state index in [9.17, 15) is 19.2 Å². The smallest absolute Gasteiger partial charge is 0.314 e. The van der Waals surface area contributed by atoms with Gasteiger partial charge < -0.3 is 31.1 Å². The number of carbonyl (C=O) groups is 4. The number of hydrogen-bond acceptors (Lipinski definition) is 6. The van der Waals surface area contributed by atoms with Gasteiger partial charge in [-0.05, 0) is 209 Å². The molecule has 2 unspecified atom stereocenters. The topological polar surface area (TPSA) is 159 Å². The molecule has 4 saturated heterocycles. The fraction of sp³-hybridized carbons (Fsp3) is 0.527. The van der Waals surface area contributed by atoms with Gasteiger partial charge in [-0.1, -0.05) is 49.5 Å². The first kappa shape index (κ1) is 53.3. The first-order valence-electron chi connectivity index (χ1n) is 25.8. The molecule has 2 aromatic carbocycles. The number of benzene rings is 2. The van der Waals surface area contributed by atoms with E-state index in [0.29, 0.717) is 62.7 Å². The highest BCUT2D eigenvalue weighted by Crippen LogP contribution is 2.48. The summed E-state index contributed by atoms with van der Waals surface area (Å²) in [5.41, 5.74) is 22.4. The molecule has 0 bridgehead atoms. The predicted molar refractivity (Wildman–Crippen MR) is 296 cm³/mol. The van der Waals surface area contributed by atoms with Crippen molar-refractivity contribution in [2.24, 2.45) is 35.1 Å². The van der Waals surface area contributed by atoms with Crippen molar-refractivity contribution < 1.29 is 19.2 Å². The van der Waals surface area contributed by atoms with Crippen LogP contribution in [0.15, 0.2) is 66.7 Å². The number of primary amides is 2. The van der Waals surface area contributed by atoms with Crippen LogP contribution in [0.25, 0.3) is 0 Å². The number of hydrogen-bond donors (Lipinski definition) is 2. The Kier molecular flexibility index (Phi) is 17.4. The number of amides is 6. The molecule has 4 N–H and O–H groups in total. The average Bonchev–Trinajstić information content (AvgIpc) is 3.62. The van der Waals surface area contributed by atoms with Crippen LogP contribution in [-0.2, 0) is 35.3 Å². The highest BCUT2D eigenvalue weighted by Gasteiger charge is 2.39. The number of nitrogens with two attached hydrogens (primary N) is 2. The lowest BCUT2D eigenvalue weighted by Crippen LogP contribution is -2.44. The number of aryl methyl sites for hydroxylation is 5. The summed E-state index contributed by atoms with van der Waals surface area (Å²) in [7, 11) is 0. The van der Waals surface area contributed by atoms with Gasteiger partial charge in [-0.2, -0.15) is 0 Å². The summed E-state index contributed by atoms with van der Waals surface area (Å²) in [5, 5.41) is 0.751. The lowest BCUT2D eigenvalue weighted by molar-refractivity contribution is -0.134. The van der Waals surface area contributed by atoms with E-state index in [4.69, 9.17) is 33.0 Å². The van der Waals surface area contributed by atoms with E-state index in [-0.39, 0.29) is 35.7 Å². The number of fused-ring (bicyclic) bond motifs is 4. The zero-order valence-electron chi connectivity index (χ0n) is 41.0. The largest absolute Gasteiger partial charge is 0.351 e. The van der Waals surface area contributed by atoms with Gasteiger partial charge in [0.1, 0.15) is 0 Å². The van der Waals surface area contributed by atoms with Crippen molar-refractivity contribution >= 4 is 99.2 Å². The van der Waals surface area contributed by atoms with Gasteiger partial charge in [0.15, 0.2) is 0 Å². The summed E-state index contributed by atoms with van der Waals surface area (Å²) < 4.78 is 4.27. The maximum absolute atomic E-state index is 13.1. The van der Waals surface area contributed by atoms with E-state index in [1.54, 1.807) is 9.80 Å². The standard InChI is InChI=1S/C28H34Br2N4O2.C27H31Br2ClN4O2/c1-17-12-20-2-3-21-15-22(29)16-32-27(21)26(25(20)23(30)13-17)19-6-10-33(11-7-19)24(35)14-18-4-8-34(9-5-18)28(31)36;28-20-12-19-2-1-18-13-21(30)14-22(29)24(18)25(26(19)32-15-20)17-5-9-33(10-6-17)23(35)11-16-3-7-34(8-4-16)27(31)36/h12-13,15-16,18-19,26H,2-11,14H2,1H3,(H2,31,36);12-17,25H,1-11H2,(H2,31,36). The number of urea groups is 2. The summed E-state index contributed by atoms with van der Waals surface area (Å²) in [6, 6.07) is 12.4. The van der Waals surface area contributed by atoms with Crippen LogP contribution in [0.1, 0.15) is 126 Å². The van der Waals surface area contributed by atoms with Crippen LogP contribution in [0.3, 0.4) is 0 Å². The first-order valence-corrected chi connectivity index (χ1v) is 29.3. The van der Waals surface area contributed by atoms with Crippen molar-refractivity contribution in [2.75, 3.05) is 52.4 Å². The Bertz CT molecular complexity index is 2500. The van der Waals surface area contributed by atoms with Gasteiger partial charge in [0.25, 0.3) is 0 Å². The van der Waals surface area contributed by atoms with Crippen LogP contribution in [0.2, 0.25) is 5.02 Å². The monoisotopic (exact) mass is 1250 g/mol. The van der Waals surface area contributed by atoms with Crippen LogP contribution in [0, 0.1) is 30.6 Å². The molecule has 12 nitrogen and oxygen atoms in total. The number of rotatable bonds is 6. The number of aromatic nitrogens is 2. The Morgan fingerprint density at radius 2 is 0.903 bits per heavy atom. The zero-order chi connectivity index (χ0) is 50.8. The molecular weight excluding hydrogens is 1190 g/mol. The van der Waals surface area contributed by atoms with E-state index in [1.807, 2.05) is 23.4 Å². The molecule has 6 heterocycles. The summed E-state index contributed by atoms with van der Waals surface area (Å²) in [5.74, 6) is 2.41. The Morgan fingerprint density at radius 1 is 0.528 bits per heavy atom. The minimum atomic E-state index is -0.362. The molecule has 4 aliphatic heterocycles. The first-order chi connectivity index (χ1) is 34.6. The molecular formula is C55H65Br4ClN8O4. The molecule has 0 radical (unpaired) electrons. The number of halogens is 5. The summed E-state index contributed by atoms with van der Waals surface area (Å²) >= 11 is 21.4. The molecule has 10 rings (SSSR count). The highest BCUT2D eigenvalue weighted by molar-refractivity contribution is 9.11. The van der Waals surface area contributed by atoms with E-state index >= 15 is 0 Å². The van der Waals surface area contributed by atoms with Crippen LogP contribution in [0.5, 0.6) is 0 Å². The Labute approximate surface area is 462 Å². The zero-order valence-corrected chi connectivity index (χ0v) is 48.1. The van der Waals surface area contributed by atoms with Crippen molar-refractivity contribution in [3.8, 4) is 0 Å². The lowest BCUT2D eigenvalue weighted by atomic mass is 9.76. The molecule has 2 aliphatic carbocycles. The van der Waals surface area contributed by atoms with Crippen LogP contribution in [-0.4, -0.2) is 106 Å². The molecule has 0 saturated carbocycles. The summed E-state index contributed by atoms with van der Waals surface area (Å²) in [6.45, 7) is 7.92.